The summed E-state index contributed by atoms with van der Waals surface area (Å²) >= 11 is 0. The first-order chi connectivity index (χ1) is 16.2. The second kappa shape index (κ2) is 10.8. The molecule has 0 aliphatic carbocycles. The molecule has 6 nitrogen and oxygen atoms in total. The molecule has 0 saturated carbocycles. The van der Waals surface area contributed by atoms with E-state index in [1.165, 1.54) is 30.5 Å². The lowest BCUT2D eigenvalue weighted by molar-refractivity contribution is -0.137. The monoisotopic (exact) mass is 471 g/mol. The Balaban J connectivity index is 1.62. The molecule has 34 heavy (non-hydrogen) atoms. The van der Waals surface area contributed by atoms with Crippen molar-refractivity contribution in [1.29, 1.82) is 0 Å². The van der Waals surface area contributed by atoms with E-state index >= 15 is 0 Å². The summed E-state index contributed by atoms with van der Waals surface area (Å²) in [5.74, 6) is -0.956. The van der Waals surface area contributed by atoms with Crippen molar-refractivity contribution in [2.24, 2.45) is 0 Å². The van der Waals surface area contributed by atoms with Crippen LogP contribution in [0.25, 0.3) is 0 Å². The molecule has 1 aromatic heterocycles. The quantitative estimate of drug-likeness (QED) is 0.385. The average molecular weight is 471 g/mol. The highest BCUT2D eigenvalue weighted by molar-refractivity contribution is 5.98. The molecule has 2 N–H and O–H groups in total. The zero-order valence-electron chi connectivity index (χ0n) is 18.6. The first kappa shape index (κ1) is 24.8. The SMILES string of the molecule is CC[C@@H](C)c1ccc(NC(=O)COC(=O)c2cccnc2Nc2cccc(C(F)(F)F)c2)cc1. The van der Waals surface area contributed by atoms with Crippen molar-refractivity contribution < 1.29 is 27.5 Å². The highest BCUT2D eigenvalue weighted by atomic mass is 19.4. The molecule has 1 heterocycles. The van der Waals surface area contributed by atoms with Crippen molar-refractivity contribution in [3.63, 3.8) is 0 Å². The molecule has 3 rings (SSSR count). The van der Waals surface area contributed by atoms with Gasteiger partial charge in [0.2, 0.25) is 0 Å². The molecule has 0 fully saturated rings. The largest absolute Gasteiger partial charge is 0.452 e. The number of anilines is 3. The fourth-order valence-electron chi connectivity index (χ4n) is 3.12. The van der Waals surface area contributed by atoms with Crippen molar-refractivity contribution in [2.75, 3.05) is 17.2 Å². The maximum absolute atomic E-state index is 13.0. The van der Waals surface area contributed by atoms with Gasteiger partial charge >= 0.3 is 12.1 Å². The molecule has 0 unspecified atom stereocenters. The summed E-state index contributed by atoms with van der Waals surface area (Å²) in [5, 5.41) is 5.35. The van der Waals surface area contributed by atoms with Crippen LogP contribution in [-0.4, -0.2) is 23.5 Å². The number of esters is 1. The van der Waals surface area contributed by atoms with E-state index in [9.17, 15) is 22.8 Å². The number of aromatic nitrogens is 1. The van der Waals surface area contributed by atoms with Crippen LogP contribution in [0.1, 0.15) is 47.7 Å². The number of hydrogen-bond donors (Lipinski definition) is 2. The Morgan fingerprint density at radius 1 is 1.03 bits per heavy atom. The predicted octanol–water partition coefficient (Wildman–Crippen LogP) is 6.15. The van der Waals surface area contributed by atoms with Gasteiger partial charge in [-0.05, 0) is 60.4 Å². The summed E-state index contributed by atoms with van der Waals surface area (Å²) in [6.07, 6.45) is -2.13. The Labute approximate surface area is 195 Å². The maximum atomic E-state index is 13.0. The molecular formula is C25H24F3N3O3. The minimum Gasteiger partial charge on any atom is -0.452 e. The number of nitrogens with one attached hydrogen (secondary N) is 2. The average Bonchev–Trinajstić information content (AvgIpc) is 2.82. The molecule has 0 aliphatic rings. The first-order valence-corrected chi connectivity index (χ1v) is 10.6. The smallest absolute Gasteiger partial charge is 0.416 e. The molecule has 9 heteroatoms. The topological polar surface area (TPSA) is 80.3 Å². The Hall–Kier alpha value is -3.88. The minimum absolute atomic E-state index is 0.00728. The number of nitrogens with zero attached hydrogens (tertiary/aromatic N) is 1. The number of halogens is 3. The van der Waals surface area contributed by atoms with Crippen molar-refractivity contribution in [1.82, 2.24) is 4.98 Å². The molecule has 0 saturated heterocycles. The zero-order chi connectivity index (χ0) is 24.7. The molecule has 3 aromatic rings. The van der Waals surface area contributed by atoms with Gasteiger partial charge in [-0.1, -0.05) is 32.0 Å². The third kappa shape index (κ3) is 6.57. The van der Waals surface area contributed by atoms with Crippen LogP contribution >= 0.6 is 0 Å². The van der Waals surface area contributed by atoms with Crippen LogP contribution in [0, 0.1) is 0 Å². The van der Waals surface area contributed by atoms with E-state index in [1.807, 2.05) is 12.1 Å². The molecule has 0 aliphatic heterocycles. The minimum atomic E-state index is -4.51. The number of carbonyl (C=O) groups is 2. The van der Waals surface area contributed by atoms with Gasteiger partial charge in [-0.15, -0.1) is 0 Å². The molecule has 0 bridgehead atoms. The number of carbonyl (C=O) groups excluding carboxylic acids is 2. The van der Waals surface area contributed by atoms with Crippen LogP contribution in [0.2, 0.25) is 0 Å². The number of benzene rings is 2. The summed E-state index contributed by atoms with van der Waals surface area (Å²) in [6.45, 7) is 3.67. The Morgan fingerprint density at radius 3 is 2.44 bits per heavy atom. The molecule has 0 spiro atoms. The maximum Gasteiger partial charge on any atom is 0.416 e. The van der Waals surface area contributed by atoms with Gasteiger partial charge in [0, 0.05) is 17.6 Å². The molecule has 1 atom stereocenters. The predicted molar refractivity (Wildman–Crippen MR) is 123 cm³/mol. The number of hydrogen-bond acceptors (Lipinski definition) is 5. The number of ether oxygens (including phenoxy) is 1. The van der Waals surface area contributed by atoms with Crippen LogP contribution in [-0.2, 0) is 15.7 Å². The summed E-state index contributed by atoms with van der Waals surface area (Å²) < 4.78 is 44.0. The van der Waals surface area contributed by atoms with Crippen LogP contribution in [0.3, 0.4) is 0 Å². The van der Waals surface area contributed by atoms with Crippen LogP contribution < -0.4 is 10.6 Å². The first-order valence-electron chi connectivity index (χ1n) is 10.6. The molecule has 178 valence electrons. The van der Waals surface area contributed by atoms with E-state index in [0.717, 1.165) is 24.1 Å². The number of rotatable bonds is 8. The normalized spacial score (nSPS) is 12.0. The molecular weight excluding hydrogens is 447 g/mol. The van der Waals surface area contributed by atoms with Crippen LogP contribution in [0.5, 0.6) is 0 Å². The number of alkyl halides is 3. The van der Waals surface area contributed by atoms with Gasteiger partial charge in [0.15, 0.2) is 6.61 Å². The Bertz CT molecular complexity index is 1150. The zero-order valence-corrected chi connectivity index (χ0v) is 18.6. The lowest BCUT2D eigenvalue weighted by Crippen LogP contribution is -2.21. The van der Waals surface area contributed by atoms with E-state index in [1.54, 1.807) is 12.1 Å². The molecule has 2 aromatic carbocycles. The van der Waals surface area contributed by atoms with Gasteiger partial charge in [0.1, 0.15) is 11.4 Å². The molecule has 1 amide bonds. The highest BCUT2D eigenvalue weighted by Gasteiger charge is 2.30. The van der Waals surface area contributed by atoms with E-state index in [-0.39, 0.29) is 17.1 Å². The van der Waals surface area contributed by atoms with Gasteiger partial charge in [-0.25, -0.2) is 9.78 Å². The fraction of sp³-hybridized carbons (Fsp3) is 0.240. The van der Waals surface area contributed by atoms with E-state index in [0.29, 0.717) is 11.6 Å². The lowest BCUT2D eigenvalue weighted by atomic mass is 9.99. The van der Waals surface area contributed by atoms with Gasteiger partial charge in [-0.3, -0.25) is 4.79 Å². The van der Waals surface area contributed by atoms with Gasteiger partial charge in [0.05, 0.1) is 5.56 Å². The van der Waals surface area contributed by atoms with E-state index in [2.05, 4.69) is 29.5 Å². The second-order valence-corrected chi connectivity index (χ2v) is 7.66. The number of pyridine rings is 1. The van der Waals surface area contributed by atoms with Crippen molar-refractivity contribution in [2.45, 2.75) is 32.4 Å². The van der Waals surface area contributed by atoms with Crippen LogP contribution in [0.4, 0.5) is 30.4 Å². The molecule has 0 radical (unpaired) electrons. The summed E-state index contributed by atoms with van der Waals surface area (Å²) in [6, 6.07) is 14.8. The highest BCUT2D eigenvalue weighted by Crippen LogP contribution is 2.31. The summed E-state index contributed by atoms with van der Waals surface area (Å²) in [4.78, 5) is 28.8. The van der Waals surface area contributed by atoms with Crippen LogP contribution in [0.15, 0.2) is 66.9 Å². The second-order valence-electron chi connectivity index (χ2n) is 7.66. The number of amides is 1. The van der Waals surface area contributed by atoms with Gasteiger partial charge in [-0.2, -0.15) is 13.2 Å². The van der Waals surface area contributed by atoms with Gasteiger partial charge in [0.25, 0.3) is 5.91 Å². The van der Waals surface area contributed by atoms with Crippen molar-refractivity contribution in [3.05, 3.63) is 83.6 Å². The van der Waals surface area contributed by atoms with Crippen molar-refractivity contribution in [3.8, 4) is 0 Å². The van der Waals surface area contributed by atoms with E-state index in [4.69, 9.17) is 4.74 Å². The summed E-state index contributed by atoms with van der Waals surface area (Å²) in [7, 11) is 0. The van der Waals surface area contributed by atoms with Crippen molar-refractivity contribution >= 4 is 29.1 Å². The van der Waals surface area contributed by atoms with Gasteiger partial charge < -0.3 is 15.4 Å². The third-order valence-electron chi connectivity index (χ3n) is 5.19. The third-order valence-corrected chi connectivity index (χ3v) is 5.19. The fourth-order valence-corrected chi connectivity index (χ4v) is 3.12. The Morgan fingerprint density at radius 2 is 1.76 bits per heavy atom. The Kier molecular flexibility index (Phi) is 7.88. The van der Waals surface area contributed by atoms with E-state index < -0.39 is 30.2 Å². The standard InChI is InChI=1S/C25H24F3N3O3/c1-3-16(2)17-9-11-19(12-10-17)30-22(32)15-34-24(33)21-8-5-13-29-23(21)31-20-7-4-6-18(14-20)25(26,27)28/h4-14,16H,3,15H2,1-2H3,(H,29,31)(H,30,32)/t16-/m1/s1. The summed E-state index contributed by atoms with van der Waals surface area (Å²) in [5.41, 5.74) is 0.962. The lowest BCUT2D eigenvalue weighted by Gasteiger charge is -2.13.